The summed E-state index contributed by atoms with van der Waals surface area (Å²) in [6.07, 6.45) is 2.40. The van der Waals surface area contributed by atoms with Crippen LogP contribution >= 0.6 is 11.6 Å². The average Bonchev–Trinajstić information content (AvgIpc) is 2.43. The molecule has 0 spiro atoms. The van der Waals surface area contributed by atoms with Gasteiger partial charge < -0.3 is 0 Å². The van der Waals surface area contributed by atoms with Crippen LogP contribution in [-0.2, 0) is 16.4 Å². The van der Waals surface area contributed by atoms with Gasteiger partial charge in [-0.2, -0.15) is 0 Å². The third kappa shape index (κ3) is 3.11. The first kappa shape index (κ1) is 14.8. The molecule has 2 rings (SSSR count). The van der Waals surface area contributed by atoms with E-state index in [1.807, 2.05) is 6.92 Å². The summed E-state index contributed by atoms with van der Waals surface area (Å²) < 4.78 is 27.1. The van der Waals surface area contributed by atoms with Crippen molar-refractivity contribution >= 4 is 27.3 Å². The standard InChI is InChI=1S/C14H15ClN2O2S/c1-3-11-4-6-12(7-5-11)20(18,19)17-13-10(2)8-9-16-14(13)15/h4-9,17H,3H2,1-2H3. The van der Waals surface area contributed by atoms with E-state index in [0.717, 1.165) is 17.5 Å². The second kappa shape index (κ2) is 5.81. The lowest BCUT2D eigenvalue weighted by Gasteiger charge is -2.11. The Labute approximate surface area is 123 Å². The predicted molar refractivity (Wildman–Crippen MR) is 80.6 cm³/mol. The highest BCUT2D eigenvalue weighted by molar-refractivity contribution is 7.92. The lowest BCUT2D eigenvalue weighted by atomic mass is 10.2. The van der Waals surface area contributed by atoms with Gasteiger partial charge >= 0.3 is 0 Å². The second-order valence-electron chi connectivity index (χ2n) is 4.40. The summed E-state index contributed by atoms with van der Waals surface area (Å²) in [5, 5.41) is 0.138. The van der Waals surface area contributed by atoms with Crippen molar-refractivity contribution in [3.05, 3.63) is 52.8 Å². The first-order valence-corrected chi connectivity index (χ1v) is 8.03. The molecular formula is C14H15ClN2O2S. The fraction of sp³-hybridized carbons (Fsp3) is 0.214. The molecule has 0 radical (unpaired) electrons. The molecule has 0 saturated heterocycles. The summed E-state index contributed by atoms with van der Waals surface area (Å²) in [7, 11) is -3.66. The van der Waals surface area contributed by atoms with Crippen LogP contribution in [0, 0.1) is 6.92 Å². The third-order valence-electron chi connectivity index (χ3n) is 2.99. The number of aryl methyl sites for hydroxylation is 2. The number of hydrogen-bond donors (Lipinski definition) is 1. The van der Waals surface area contributed by atoms with Gasteiger partial charge in [0.2, 0.25) is 0 Å². The maximum Gasteiger partial charge on any atom is 0.262 e. The fourth-order valence-electron chi connectivity index (χ4n) is 1.75. The quantitative estimate of drug-likeness (QED) is 0.880. The molecule has 0 aliphatic heterocycles. The number of nitrogens with zero attached hydrogens (tertiary/aromatic N) is 1. The zero-order valence-electron chi connectivity index (χ0n) is 11.2. The highest BCUT2D eigenvalue weighted by Gasteiger charge is 2.17. The molecule has 0 saturated carbocycles. The summed E-state index contributed by atoms with van der Waals surface area (Å²) in [6.45, 7) is 3.78. The largest absolute Gasteiger partial charge is 0.276 e. The van der Waals surface area contributed by atoms with Crippen LogP contribution in [0.15, 0.2) is 41.4 Å². The molecule has 0 aliphatic carbocycles. The highest BCUT2D eigenvalue weighted by Crippen LogP contribution is 2.26. The van der Waals surface area contributed by atoms with Gasteiger partial charge in [0, 0.05) is 6.20 Å². The molecule has 1 aromatic carbocycles. The Morgan fingerprint density at radius 2 is 1.85 bits per heavy atom. The van der Waals surface area contributed by atoms with Crippen molar-refractivity contribution < 1.29 is 8.42 Å². The van der Waals surface area contributed by atoms with Crippen molar-refractivity contribution in [1.82, 2.24) is 4.98 Å². The monoisotopic (exact) mass is 310 g/mol. The van der Waals surface area contributed by atoms with E-state index < -0.39 is 10.0 Å². The van der Waals surface area contributed by atoms with E-state index in [2.05, 4.69) is 9.71 Å². The number of aromatic nitrogens is 1. The number of anilines is 1. The van der Waals surface area contributed by atoms with Crippen LogP contribution in [0.1, 0.15) is 18.1 Å². The molecule has 0 unspecified atom stereocenters. The normalized spacial score (nSPS) is 11.3. The molecule has 0 fully saturated rings. The van der Waals surface area contributed by atoms with Crippen molar-refractivity contribution in [3.8, 4) is 0 Å². The minimum absolute atomic E-state index is 0.138. The van der Waals surface area contributed by atoms with Gasteiger partial charge in [-0.3, -0.25) is 4.72 Å². The molecule has 1 aromatic heterocycles. The van der Waals surface area contributed by atoms with Gasteiger partial charge in [0.25, 0.3) is 10.0 Å². The molecule has 6 heteroatoms. The molecule has 1 heterocycles. The lowest BCUT2D eigenvalue weighted by Crippen LogP contribution is -2.14. The zero-order chi connectivity index (χ0) is 14.8. The van der Waals surface area contributed by atoms with Crippen molar-refractivity contribution in [2.24, 2.45) is 0 Å². The summed E-state index contributed by atoms with van der Waals surface area (Å²) in [4.78, 5) is 4.09. The highest BCUT2D eigenvalue weighted by atomic mass is 35.5. The summed E-state index contributed by atoms with van der Waals surface area (Å²) in [5.74, 6) is 0. The summed E-state index contributed by atoms with van der Waals surface area (Å²) in [5.41, 5.74) is 2.12. The lowest BCUT2D eigenvalue weighted by molar-refractivity contribution is 0.601. The van der Waals surface area contributed by atoms with Crippen LogP contribution in [-0.4, -0.2) is 13.4 Å². The van der Waals surface area contributed by atoms with Crippen LogP contribution in [0.2, 0.25) is 5.15 Å². The second-order valence-corrected chi connectivity index (χ2v) is 6.44. The van der Waals surface area contributed by atoms with Crippen molar-refractivity contribution in [2.45, 2.75) is 25.2 Å². The molecule has 1 N–H and O–H groups in total. The summed E-state index contributed by atoms with van der Waals surface area (Å²) in [6, 6.07) is 8.46. The SMILES string of the molecule is CCc1ccc(S(=O)(=O)Nc2c(C)ccnc2Cl)cc1. The van der Waals surface area contributed by atoms with Crippen LogP contribution in [0.5, 0.6) is 0 Å². The van der Waals surface area contributed by atoms with Gasteiger partial charge in [-0.15, -0.1) is 0 Å². The van der Waals surface area contributed by atoms with E-state index in [0.29, 0.717) is 5.69 Å². The van der Waals surface area contributed by atoms with E-state index >= 15 is 0 Å². The molecular weight excluding hydrogens is 296 g/mol. The van der Waals surface area contributed by atoms with E-state index in [9.17, 15) is 8.42 Å². The number of halogens is 1. The van der Waals surface area contributed by atoms with Crippen molar-refractivity contribution in [1.29, 1.82) is 0 Å². The number of rotatable bonds is 4. The van der Waals surface area contributed by atoms with Gasteiger partial charge in [-0.1, -0.05) is 30.7 Å². The van der Waals surface area contributed by atoms with E-state index in [1.54, 1.807) is 37.3 Å². The number of nitrogens with one attached hydrogen (secondary N) is 1. The molecule has 106 valence electrons. The molecule has 0 aliphatic rings. The van der Waals surface area contributed by atoms with E-state index in [1.165, 1.54) is 6.20 Å². The predicted octanol–water partition coefficient (Wildman–Crippen LogP) is 3.41. The van der Waals surface area contributed by atoms with Gasteiger partial charge in [0.15, 0.2) is 5.15 Å². The maximum absolute atomic E-state index is 12.3. The Morgan fingerprint density at radius 3 is 2.40 bits per heavy atom. The number of pyridine rings is 1. The van der Waals surface area contributed by atoms with Gasteiger partial charge in [0.1, 0.15) is 0 Å². The number of sulfonamides is 1. The Kier molecular flexibility index (Phi) is 4.30. The Hall–Kier alpha value is -1.59. The smallest absolute Gasteiger partial charge is 0.262 e. The molecule has 20 heavy (non-hydrogen) atoms. The van der Waals surface area contributed by atoms with Gasteiger partial charge in [-0.05, 0) is 42.7 Å². The number of benzene rings is 1. The molecule has 0 bridgehead atoms. The topological polar surface area (TPSA) is 59.1 Å². The fourth-order valence-corrected chi connectivity index (χ4v) is 3.19. The van der Waals surface area contributed by atoms with Gasteiger partial charge in [-0.25, -0.2) is 13.4 Å². The third-order valence-corrected chi connectivity index (χ3v) is 4.64. The zero-order valence-corrected chi connectivity index (χ0v) is 12.8. The van der Waals surface area contributed by atoms with Crippen LogP contribution < -0.4 is 4.72 Å². The Balaban J connectivity index is 2.35. The average molecular weight is 311 g/mol. The molecule has 0 atom stereocenters. The van der Waals surface area contributed by atoms with Crippen LogP contribution in [0.25, 0.3) is 0 Å². The first-order valence-electron chi connectivity index (χ1n) is 6.17. The minimum atomic E-state index is -3.66. The molecule has 0 amide bonds. The summed E-state index contributed by atoms with van der Waals surface area (Å²) >= 11 is 5.93. The molecule has 4 nitrogen and oxygen atoms in total. The van der Waals surface area contributed by atoms with E-state index in [-0.39, 0.29) is 10.0 Å². The van der Waals surface area contributed by atoms with Crippen molar-refractivity contribution in [2.75, 3.05) is 4.72 Å². The van der Waals surface area contributed by atoms with Crippen LogP contribution in [0.4, 0.5) is 5.69 Å². The van der Waals surface area contributed by atoms with Crippen molar-refractivity contribution in [3.63, 3.8) is 0 Å². The first-order chi connectivity index (χ1) is 9.44. The van der Waals surface area contributed by atoms with Crippen LogP contribution in [0.3, 0.4) is 0 Å². The van der Waals surface area contributed by atoms with E-state index in [4.69, 9.17) is 11.6 Å². The van der Waals surface area contributed by atoms with Gasteiger partial charge in [0.05, 0.1) is 10.6 Å². The Bertz CT molecular complexity index is 692. The molecule has 2 aromatic rings. The minimum Gasteiger partial charge on any atom is -0.276 e. The Morgan fingerprint density at radius 1 is 1.20 bits per heavy atom. The number of hydrogen-bond acceptors (Lipinski definition) is 3. The maximum atomic E-state index is 12.3.